The van der Waals surface area contributed by atoms with Gasteiger partial charge in [0.2, 0.25) is 0 Å². The number of carboxylic acids is 1. The molecule has 1 spiro atoms. The second-order valence-corrected chi connectivity index (χ2v) is 7.06. The zero-order valence-corrected chi connectivity index (χ0v) is 13.1. The second kappa shape index (κ2) is 5.83. The Labute approximate surface area is 125 Å². The molecule has 0 aliphatic carbocycles. The largest absolute Gasteiger partial charge is 0.479 e. The molecule has 0 aromatic heterocycles. The zero-order chi connectivity index (χ0) is 15.7. The Morgan fingerprint density at radius 1 is 1.29 bits per heavy atom. The smallest absolute Gasteiger partial charge is 0.410 e. The Balaban J connectivity index is 2.11. The Hall–Kier alpha value is -1.30. The molecule has 2 heterocycles. The summed E-state index contributed by atoms with van der Waals surface area (Å²) in [4.78, 5) is 25.3. The first kappa shape index (κ1) is 16.1. The molecule has 2 unspecified atom stereocenters. The van der Waals surface area contributed by atoms with E-state index in [1.165, 1.54) is 0 Å². The number of rotatable bonds is 1. The maximum absolute atomic E-state index is 12.2. The van der Waals surface area contributed by atoms with Gasteiger partial charge in [-0.25, -0.2) is 9.59 Å². The van der Waals surface area contributed by atoms with Crippen LogP contribution in [0.3, 0.4) is 0 Å². The van der Waals surface area contributed by atoms with Crippen LogP contribution in [-0.2, 0) is 14.3 Å². The molecule has 2 aliphatic heterocycles. The number of piperidine rings is 1. The van der Waals surface area contributed by atoms with E-state index in [4.69, 9.17) is 9.47 Å². The van der Waals surface area contributed by atoms with Gasteiger partial charge in [-0.2, -0.15) is 0 Å². The topological polar surface area (TPSA) is 76.1 Å². The number of likely N-dealkylation sites (tertiary alicyclic amines) is 1. The first-order chi connectivity index (χ1) is 9.73. The summed E-state index contributed by atoms with van der Waals surface area (Å²) in [6.07, 6.45) is 2.00. The molecular weight excluding hydrogens is 274 g/mol. The third-order valence-electron chi connectivity index (χ3n) is 4.14. The summed E-state index contributed by atoms with van der Waals surface area (Å²) >= 11 is 0. The third kappa shape index (κ3) is 3.67. The van der Waals surface area contributed by atoms with Crippen LogP contribution >= 0.6 is 0 Å². The standard InChI is InChI=1S/C15H25NO5/c1-14(2,3)21-13(19)16-8-4-6-15(10-16)7-5-9-20-11(15)12(17)18/h11H,4-10H2,1-3H3,(H,17,18). The van der Waals surface area contributed by atoms with Crippen LogP contribution in [0.4, 0.5) is 4.79 Å². The van der Waals surface area contributed by atoms with E-state index in [0.717, 1.165) is 25.7 Å². The van der Waals surface area contributed by atoms with E-state index in [2.05, 4.69) is 0 Å². The number of carbonyl (C=O) groups is 2. The second-order valence-electron chi connectivity index (χ2n) is 7.06. The average molecular weight is 299 g/mol. The van der Waals surface area contributed by atoms with Crippen molar-refractivity contribution in [3.05, 3.63) is 0 Å². The molecule has 2 saturated heterocycles. The number of carboxylic acid groups (broad SMARTS) is 1. The lowest BCUT2D eigenvalue weighted by molar-refractivity contribution is -0.173. The van der Waals surface area contributed by atoms with E-state index >= 15 is 0 Å². The van der Waals surface area contributed by atoms with Crippen LogP contribution in [0.2, 0.25) is 0 Å². The van der Waals surface area contributed by atoms with E-state index in [-0.39, 0.29) is 6.09 Å². The van der Waals surface area contributed by atoms with E-state index in [1.54, 1.807) is 4.90 Å². The maximum atomic E-state index is 12.2. The Bertz CT molecular complexity index is 413. The van der Waals surface area contributed by atoms with E-state index < -0.39 is 23.1 Å². The molecule has 1 N–H and O–H groups in total. The van der Waals surface area contributed by atoms with Gasteiger partial charge in [0, 0.05) is 25.1 Å². The molecule has 0 radical (unpaired) electrons. The molecule has 2 atom stereocenters. The normalized spacial score (nSPS) is 30.2. The number of nitrogens with zero attached hydrogens (tertiary/aromatic N) is 1. The van der Waals surface area contributed by atoms with Crippen molar-refractivity contribution in [2.75, 3.05) is 19.7 Å². The molecule has 21 heavy (non-hydrogen) atoms. The van der Waals surface area contributed by atoms with E-state index in [0.29, 0.717) is 19.7 Å². The number of amides is 1. The van der Waals surface area contributed by atoms with Crippen molar-refractivity contribution < 1.29 is 24.2 Å². The summed E-state index contributed by atoms with van der Waals surface area (Å²) < 4.78 is 10.9. The van der Waals surface area contributed by atoms with Crippen LogP contribution in [0.25, 0.3) is 0 Å². The molecule has 0 aromatic carbocycles. The Morgan fingerprint density at radius 2 is 1.95 bits per heavy atom. The van der Waals surface area contributed by atoms with Crippen molar-refractivity contribution >= 4 is 12.1 Å². The summed E-state index contributed by atoms with van der Waals surface area (Å²) in [6, 6.07) is 0. The van der Waals surface area contributed by atoms with Crippen LogP contribution in [0, 0.1) is 5.41 Å². The van der Waals surface area contributed by atoms with Crippen LogP contribution in [-0.4, -0.2) is 53.5 Å². The fraction of sp³-hybridized carbons (Fsp3) is 0.867. The molecule has 2 aliphatic rings. The highest BCUT2D eigenvalue weighted by Crippen LogP contribution is 2.42. The zero-order valence-electron chi connectivity index (χ0n) is 13.1. The van der Waals surface area contributed by atoms with Gasteiger partial charge in [-0.15, -0.1) is 0 Å². The van der Waals surface area contributed by atoms with Crippen LogP contribution in [0.1, 0.15) is 46.5 Å². The first-order valence-corrected chi connectivity index (χ1v) is 7.56. The predicted molar refractivity (Wildman–Crippen MR) is 76.1 cm³/mol. The van der Waals surface area contributed by atoms with Crippen molar-refractivity contribution in [2.45, 2.75) is 58.2 Å². The van der Waals surface area contributed by atoms with Crippen molar-refractivity contribution in [3.8, 4) is 0 Å². The van der Waals surface area contributed by atoms with Gasteiger partial charge < -0.3 is 19.5 Å². The Kier molecular flexibility index (Phi) is 4.46. The Morgan fingerprint density at radius 3 is 2.57 bits per heavy atom. The average Bonchev–Trinajstić information content (AvgIpc) is 2.37. The molecule has 0 saturated carbocycles. The molecule has 0 aromatic rings. The SMILES string of the molecule is CC(C)(C)OC(=O)N1CCCC2(CCCOC2C(=O)O)C1. The number of hydrogen-bond donors (Lipinski definition) is 1. The van der Waals surface area contributed by atoms with Gasteiger partial charge in [-0.05, 0) is 46.5 Å². The van der Waals surface area contributed by atoms with Gasteiger partial charge in [-0.3, -0.25) is 0 Å². The number of aliphatic carboxylic acids is 1. The molecule has 1 amide bonds. The van der Waals surface area contributed by atoms with Gasteiger partial charge in [0.25, 0.3) is 0 Å². The molecule has 2 rings (SSSR count). The highest BCUT2D eigenvalue weighted by atomic mass is 16.6. The highest BCUT2D eigenvalue weighted by molar-refractivity contribution is 5.74. The minimum Gasteiger partial charge on any atom is -0.479 e. The first-order valence-electron chi connectivity index (χ1n) is 7.56. The summed E-state index contributed by atoms with van der Waals surface area (Å²) in [5.41, 5.74) is -1.02. The molecule has 0 bridgehead atoms. The number of carbonyl (C=O) groups excluding carboxylic acids is 1. The van der Waals surface area contributed by atoms with Gasteiger partial charge in [0.05, 0.1) is 0 Å². The van der Waals surface area contributed by atoms with Crippen molar-refractivity contribution in [1.29, 1.82) is 0 Å². The quantitative estimate of drug-likeness (QED) is 0.803. The molecule has 6 nitrogen and oxygen atoms in total. The van der Waals surface area contributed by atoms with Crippen molar-refractivity contribution in [1.82, 2.24) is 4.90 Å². The fourth-order valence-corrected chi connectivity index (χ4v) is 3.33. The molecule has 120 valence electrons. The lowest BCUT2D eigenvalue weighted by Gasteiger charge is -2.47. The van der Waals surface area contributed by atoms with Gasteiger partial charge >= 0.3 is 12.1 Å². The van der Waals surface area contributed by atoms with Crippen molar-refractivity contribution in [3.63, 3.8) is 0 Å². The van der Waals surface area contributed by atoms with Crippen LogP contribution in [0.5, 0.6) is 0 Å². The van der Waals surface area contributed by atoms with E-state index in [9.17, 15) is 14.7 Å². The lowest BCUT2D eigenvalue weighted by Crippen LogP contribution is -2.56. The third-order valence-corrected chi connectivity index (χ3v) is 4.14. The summed E-state index contributed by atoms with van der Waals surface area (Å²) in [5.74, 6) is -0.930. The van der Waals surface area contributed by atoms with Gasteiger partial charge in [0.15, 0.2) is 6.10 Å². The van der Waals surface area contributed by atoms with Crippen LogP contribution in [0.15, 0.2) is 0 Å². The molecule has 2 fully saturated rings. The lowest BCUT2D eigenvalue weighted by atomic mass is 9.70. The maximum Gasteiger partial charge on any atom is 0.410 e. The van der Waals surface area contributed by atoms with E-state index in [1.807, 2.05) is 20.8 Å². The fourth-order valence-electron chi connectivity index (χ4n) is 3.33. The monoisotopic (exact) mass is 299 g/mol. The highest BCUT2D eigenvalue weighted by Gasteiger charge is 2.49. The molecular formula is C15H25NO5. The van der Waals surface area contributed by atoms with Gasteiger partial charge in [0.1, 0.15) is 5.60 Å². The van der Waals surface area contributed by atoms with Crippen LogP contribution < -0.4 is 0 Å². The number of hydrogen-bond acceptors (Lipinski definition) is 4. The summed E-state index contributed by atoms with van der Waals surface area (Å²) in [7, 11) is 0. The summed E-state index contributed by atoms with van der Waals surface area (Å²) in [5, 5.41) is 9.41. The number of ether oxygens (including phenoxy) is 2. The predicted octanol–water partition coefficient (Wildman–Crippen LogP) is 2.27. The van der Waals surface area contributed by atoms with Gasteiger partial charge in [-0.1, -0.05) is 0 Å². The van der Waals surface area contributed by atoms with Crippen molar-refractivity contribution in [2.24, 2.45) is 5.41 Å². The minimum absolute atomic E-state index is 0.365. The summed E-state index contributed by atoms with van der Waals surface area (Å²) in [6.45, 7) is 6.98. The minimum atomic E-state index is -0.930. The molecule has 6 heteroatoms.